The van der Waals surface area contributed by atoms with Crippen molar-refractivity contribution >= 4 is 57.5 Å². The number of halogens is 1. The maximum Gasteiger partial charge on any atom is 0.213 e. The summed E-state index contributed by atoms with van der Waals surface area (Å²) in [6.07, 6.45) is 7.91. The number of para-hydroxylation sites is 3. The Morgan fingerprint density at radius 3 is 2.57 bits per heavy atom. The number of ether oxygens (including phenoxy) is 1. The van der Waals surface area contributed by atoms with Gasteiger partial charge in [0.2, 0.25) is 11.2 Å². The fraction of sp³-hybridized carbons (Fsp3) is 0.229. The van der Waals surface area contributed by atoms with Crippen LogP contribution in [0.1, 0.15) is 23.4 Å². The maximum absolute atomic E-state index is 5.55. The molecule has 0 aliphatic carbocycles. The van der Waals surface area contributed by atoms with E-state index in [4.69, 9.17) is 4.74 Å². The molecule has 0 spiro atoms. The van der Waals surface area contributed by atoms with Gasteiger partial charge in [0.1, 0.15) is 7.05 Å². The summed E-state index contributed by atoms with van der Waals surface area (Å²) in [7, 11) is 2.16. The van der Waals surface area contributed by atoms with Crippen LogP contribution < -0.4 is 33.4 Å². The first-order chi connectivity index (χ1) is 20.2. The number of hydrogen-bond donors (Lipinski definition) is 1. The first kappa shape index (κ1) is 29.0. The smallest absolute Gasteiger partial charge is 0.213 e. The van der Waals surface area contributed by atoms with Crippen LogP contribution in [-0.4, -0.2) is 49.3 Å². The summed E-state index contributed by atoms with van der Waals surface area (Å²) in [5, 5.41) is 3.78. The van der Waals surface area contributed by atoms with Gasteiger partial charge in [-0.1, -0.05) is 54.2 Å². The third-order valence-corrected chi connectivity index (χ3v) is 9.24. The Kier molecular flexibility index (Phi) is 9.00. The van der Waals surface area contributed by atoms with Crippen molar-refractivity contribution < 1.29 is 33.3 Å². The van der Waals surface area contributed by atoms with Crippen LogP contribution in [-0.2, 0) is 11.8 Å². The van der Waals surface area contributed by atoms with Crippen molar-refractivity contribution in [1.82, 2.24) is 9.88 Å². The van der Waals surface area contributed by atoms with E-state index in [1.165, 1.54) is 37.5 Å². The van der Waals surface area contributed by atoms with Gasteiger partial charge in [0.25, 0.3) is 0 Å². The minimum absolute atomic E-state index is 0. The lowest BCUT2D eigenvalue weighted by Crippen LogP contribution is -3.00. The van der Waals surface area contributed by atoms with E-state index in [-0.39, 0.29) is 24.0 Å². The number of benzene rings is 3. The summed E-state index contributed by atoms with van der Waals surface area (Å²) in [4.78, 5) is 9.90. The molecule has 2 aliphatic heterocycles. The van der Waals surface area contributed by atoms with Gasteiger partial charge in [-0.2, -0.15) is 4.57 Å². The number of thioether (sulfide) groups is 1. The molecule has 7 rings (SSSR count). The number of pyridine rings is 1. The van der Waals surface area contributed by atoms with E-state index in [0.717, 1.165) is 62.7 Å². The number of rotatable bonds is 7. The first-order valence-electron chi connectivity index (χ1n) is 14.5. The second-order valence-electron chi connectivity index (χ2n) is 10.8. The molecule has 5 aromatic rings. The summed E-state index contributed by atoms with van der Waals surface area (Å²) in [6, 6.07) is 30.5. The number of aryl methyl sites for hydroxylation is 1. The fourth-order valence-corrected chi connectivity index (χ4v) is 7.06. The van der Waals surface area contributed by atoms with E-state index in [1.54, 1.807) is 0 Å². The number of H-pyrrole nitrogens is 1. The molecule has 7 heteroatoms. The molecule has 214 valence electrons. The number of aromatic amines is 1. The van der Waals surface area contributed by atoms with Crippen LogP contribution in [0.5, 0.6) is 0 Å². The SMILES string of the molecule is C[n+]1c(/C=C/c2cc3ccccc3[nH]2)cc(/C=C2\Sc3ccccc3N2CCCN2CCOCC2)c2ccccc21.[I-]. The van der Waals surface area contributed by atoms with Crippen molar-refractivity contribution in [3.63, 3.8) is 0 Å². The van der Waals surface area contributed by atoms with E-state index in [0.29, 0.717) is 0 Å². The van der Waals surface area contributed by atoms with Crippen molar-refractivity contribution in [2.24, 2.45) is 7.05 Å². The van der Waals surface area contributed by atoms with Gasteiger partial charge in [-0.15, -0.1) is 0 Å². The number of hydrogen-bond acceptors (Lipinski definition) is 4. The van der Waals surface area contributed by atoms with Crippen molar-refractivity contribution in [3.05, 3.63) is 107 Å². The Morgan fingerprint density at radius 2 is 1.69 bits per heavy atom. The zero-order valence-electron chi connectivity index (χ0n) is 23.8. The summed E-state index contributed by atoms with van der Waals surface area (Å²) < 4.78 is 7.83. The van der Waals surface area contributed by atoms with Crippen LogP contribution in [0.3, 0.4) is 0 Å². The third kappa shape index (κ3) is 6.01. The Labute approximate surface area is 268 Å². The molecule has 3 aromatic carbocycles. The molecule has 1 fully saturated rings. The molecule has 0 atom stereocenters. The van der Waals surface area contributed by atoms with Crippen LogP contribution in [0.25, 0.3) is 40.0 Å². The normalized spacial score (nSPS) is 16.5. The van der Waals surface area contributed by atoms with Crippen molar-refractivity contribution in [2.45, 2.75) is 11.3 Å². The molecule has 0 saturated carbocycles. The molecule has 0 bridgehead atoms. The molecular weight excluding hydrogens is 651 g/mol. The third-order valence-electron chi connectivity index (χ3n) is 8.13. The van der Waals surface area contributed by atoms with Gasteiger partial charge in [-0.05, 0) is 59.9 Å². The molecule has 42 heavy (non-hydrogen) atoms. The Bertz CT molecular complexity index is 1740. The number of morpholine rings is 1. The highest BCUT2D eigenvalue weighted by atomic mass is 127. The Morgan fingerprint density at radius 1 is 0.905 bits per heavy atom. The number of nitrogens with one attached hydrogen (secondary N) is 1. The molecule has 0 amide bonds. The summed E-state index contributed by atoms with van der Waals surface area (Å²) in [5.74, 6) is 0. The first-order valence-corrected chi connectivity index (χ1v) is 15.3. The molecule has 1 saturated heterocycles. The quantitative estimate of drug-likeness (QED) is 0.208. The summed E-state index contributed by atoms with van der Waals surface area (Å²) in [6.45, 7) is 5.88. The minimum atomic E-state index is 0. The lowest BCUT2D eigenvalue weighted by Gasteiger charge is -2.28. The fourth-order valence-electron chi connectivity index (χ4n) is 5.92. The van der Waals surface area contributed by atoms with Crippen LogP contribution in [0.15, 0.2) is 94.9 Å². The largest absolute Gasteiger partial charge is 1.00 e. The van der Waals surface area contributed by atoms with Crippen LogP contribution in [0.2, 0.25) is 0 Å². The van der Waals surface area contributed by atoms with E-state index < -0.39 is 0 Å². The molecule has 5 nitrogen and oxygen atoms in total. The molecule has 2 aromatic heterocycles. The predicted molar refractivity (Wildman–Crippen MR) is 172 cm³/mol. The van der Waals surface area contributed by atoms with Crippen molar-refractivity contribution in [1.29, 1.82) is 0 Å². The van der Waals surface area contributed by atoms with E-state index >= 15 is 0 Å². The Balaban J connectivity index is 0.00000316. The number of aromatic nitrogens is 2. The molecular formula is C35H35IN4OS. The molecule has 0 radical (unpaired) electrons. The standard InChI is InChI=1S/C35H34N4OS.HI/c1-37-29(16-15-28-23-26-9-2-4-11-31(26)36-28)24-27(30-10-3-5-12-32(30)37)25-35-39(33-13-6-7-14-34(33)41-35)18-8-17-38-19-21-40-22-20-38;/h2-7,9-16,23-25H,8,17-22H2,1H3;1H/b35-25-;. The zero-order valence-corrected chi connectivity index (χ0v) is 26.8. The van der Waals surface area contributed by atoms with Gasteiger partial charge in [0.15, 0.2) is 0 Å². The highest BCUT2D eigenvalue weighted by Gasteiger charge is 2.25. The average molecular weight is 687 g/mol. The van der Waals surface area contributed by atoms with Gasteiger partial charge in [-0.25, -0.2) is 0 Å². The zero-order chi connectivity index (χ0) is 27.6. The Hall–Kier alpha value is -3.11. The van der Waals surface area contributed by atoms with E-state index in [1.807, 2.05) is 11.8 Å². The van der Waals surface area contributed by atoms with Gasteiger partial charge in [0.05, 0.1) is 29.3 Å². The van der Waals surface area contributed by atoms with Crippen molar-refractivity contribution in [3.8, 4) is 0 Å². The van der Waals surface area contributed by atoms with Gasteiger partial charge >= 0.3 is 0 Å². The molecule has 1 N–H and O–H groups in total. The summed E-state index contributed by atoms with van der Waals surface area (Å²) >= 11 is 1.88. The lowest BCUT2D eigenvalue weighted by molar-refractivity contribution is -0.646. The predicted octanol–water partition coefficient (Wildman–Crippen LogP) is 3.95. The van der Waals surface area contributed by atoms with Crippen molar-refractivity contribution in [2.75, 3.05) is 44.3 Å². The van der Waals surface area contributed by atoms with Gasteiger partial charge in [0, 0.05) is 60.5 Å². The number of nitrogens with zero attached hydrogens (tertiary/aromatic N) is 3. The highest BCUT2D eigenvalue weighted by molar-refractivity contribution is 8.03. The van der Waals surface area contributed by atoms with Gasteiger partial charge < -0.3 is 38.6 Å². The van der Waals surface area contributed by atoms with Gasteiger partial charge in [-0.3, -0.25) is 4.90 Å². The number of anilines is 1. The highest BCUT2D eigenvalue weighted by Crippen LogP contribution is 2.46. The molecule has 4 heterocycles. The summed E-state index contributed by atoms with van der Waals surface area (Å²) in [5.41, 5.74) is 7.20. The second kappa shape index (κ2) is 13.0. The average Bonchev–Trinajstić information content (AvgIpc) is 3.59. The number of fused-ring (bicyclic) bond motifs is 3. The second-order valence-corrected chi connectivity index (χ2v) is 11.8. The van der Waals surface area contributed by atoms with Crippen LogP contribution in [0.4, 0.5) is 5.69 Å². The van der Waals surface area contributed by atoms with Crippen LogP contribution in [0, 0.1) is 0 Å². The van der Waals surface area contributed by atoms with E-state index in [2.05, 4.69) is 130 Å². The topological polar surface area (TPSA) is 35.4 Å². The van der Waals surface area contributed by atoms with Crippen LogP contribution >= 0.6 is 11.8 Å². The van der Waals surface area contributed by atoms with E-state index in [9.17, 15) is 0 Å². The lowest BCUT2D eigenvalue weighted by atomic mass is 10.1. The molecule has 2 aliphatic rings. The minimum Gasteiger partial charge on any atom is -1.00 e. The maximum atomic E-state index is 5.55. The monoisotopic (exact) mass is 686 g/mol. The molecule has 0 unspecified atom stereocenters.